The highest BCUT2D eigenvalue weighted by atomic mass is 19.4. The van der Waals surface area contributed by atoms with Crippen LogP contribution in [0.3, 0.4) is 0 Å². The van der Waals surface area contributed by atoms with Crippen LogP contribution in [0.25, 0.3) is 0 Å². The van der Waals surface area contributed by atoms with Crippen molar-refractivity contribution in [3.05, 3.63) is 59.2 Å². The molecule has 0 spiro atoms. The summed E-state index contributed by atoms with van der Waals surface area (Å²) in [4.78, 5) is 0. The number of aromatic nitrogens is 1. The lowest BCUT2D eigenvalue weighted by atomic mass is 10.2. The van der Waals surface area contributed by atoms with Crippen molar-refractivity contribution >= 4 is 0 Å². The Hall–Kier alpha value is -1.78. The summed E-state index contributed by atoms with van der Waals surface area (Å²) in [5.41, 5.74) is 0.390. The summed E-state index contributed by atoms with van der Waals surface area (Å²) in [6.07, 6.45) is -3.91. The number of nitrogens with zero attached hydrogens (tertiary/aromatic N) is 1. The van der Waals surface area contributed by atoms with Crippen molar-refractivity contribution in [2.75, 3.05) is 0 Å². The Morgan fingerprint density at radius 2 is 1.84 bits per heavy atom. The first kappa shape index (κ1) is 13.6. The van der Waals surface area contributed by atoms with Crippen molar-refractivity contribution in [1.82, 2.24) is 4.57 Å². The molecular weight excluding hydrogens is 258 g/mol. The Morgan fingerprint density at radius 1 is 1.11 bits per heavy atom. The highest BCUT2D eigenvalue weighted by Crippen LogP contribution is 2.31. The van der Waals surface area contributed by atoms with Crippen LogP contribution >= 0.6 is 0 Å². The highest BCUT2D eigenvalue weighted by molar-refractivity contribution is 5.23. The number of hydrogen-bond acceptors (Lipinski definition) is 0. The number of rotatable bonds is 3. The van der Waals surface area contributed by atoms with E-state index in [0.29, 0.717) is 17.7 Å². The fourth-order valence-corrected chi connectivity index (χ4v) is 2.07. The fraction of sp³-hybridized carbons (Fsp3) is 0.286. The van der Waals surface area contributed by atoms with Crippen LogP contribution in [-0.4, -0.2) is 4.57 Å². The second-order valence-corrected chi connectivity index (χ2v) is 4.28. The van der Waals surface area contributed by atoms with E-state index >= 15 is 0 Å². The summed E-state index contributed by atoms with van der Waals surface area (Å²) >= 11 is 0. The van der Waals surface area contributed by atoms with Crippen LogP contribution in [-0.2, 0) is 19.1 Å². The third-order valence-corrected chi connectivity index (χ3v) is 2.95. The molecule has 0 fully saturated rings. The van der Waals surface area contributed by atoms with Crippen molar-refractivity contribution < 1.29 is 17.6 Å². The maximum atomic E-state index is 13.1. The molecular formula is C14H13F4N. The van der Waals surface area contributed by atoms with Crippen LogP contribution in [0.15, 0.2) is 36.4 Å². The minimum Gasteiger partial charge on any atom is -0.337 e. The predicted molar refractivity (Wildman–Crippen MR) is 64.3 cm³/mol. The molecule has 0 saturated heterocycles. The van der Waals surface area contributed by atoms with Gasteiger partial charge in [0, 0.05) is 12.2 Å². The molecule has 102 valence electrons. The molecule has 0 N–H and O–H groups in total. The van der Waals surface area contributed by atoms with Gasteiger partial charge in [-0.1, -0.05) is 19.1 Å². The Kier molecular flexibility index (Phi) is 3.64. The molecule has 0 amide bonds. The van der Waals surface area contributed by atoms with Crippen LogP contribution in [0.4, 0.5) is 17.6 Å². The smallest absolute Gasteiger partial charge is 0.337 e. The number of hydrogen-bond donors (Lipinski definition) is 0. The lowest BCUT2D eigenvalue weighted by Crippen LogP contribution is -2.16. The van der Waals surface area contributed by atoms with Gasteiger partial charge in [0.1, 0.15) is 11.5 Å². The maximum Gasteiger partial charge on any atom is 0.431 e. The van der Waals surface area contributed by atoms with Gasteiger partial charge in [0.15, 0.2) is 0 Å². The Balaban J connectivity index is 2.41. The van der Waals surface area contributed by atoms with Gasteiger partial charge in [0.2, 0.25) is 0 Å². The highest BCUT2D eigenvalue weighted by Gasteiger charge is 2.34. The van der Waals surface area contributed by atoms with Crippen LogP contribution in [0.1, 0.15) is 23.9 Å². The summed E-state index contributed by atoms with van der Waals surface area (Å²) in [5, 5.41) is 0. The number of halogens is 4. The normalized spacial score (nSPS) is 11.8. The quantitative estimate of drug-likeness (QED) is 0.735. The molecule has 1 heterocycles. The topological polar surface area (TPSA) is 4.93 Å². The molecule has 5 heteroatoms. The van der Waals surface area contributed by atoms with Crippen molar-refractivity contribution in [1.29, 1.82) is 0 Å². The van der Waals surface area contributed by atoms with E-state index in [2.05, 4.69) is 0 Å². The van der Waals surface area contributed by atoms with Gasteiger partial charge in [0.25, 0.3) is 0 Å². The van der Waals surface area contributed by atoms with E-state index in [4.69, 9.17) is 0 Å². The molecule has 1 aromatic heterocycles. The van der Waals surface area contributed by atoms with Crippen LogP contribution < -0.4 is 0 Å². The lowest BCUT2D eigenvalue weighted by molar-refractivity contribution is -0.143. The minimum atomic E-state index is -4.40. The van der Waals surface area contributed by atoms with Crippen molar-refractivity contribution in [3.8, 4) is 0 Å². The monoisotopic (exact) mass is 271 g/mol. The Morgan fingerprint density at radius 3 is 2.42 bits per heavy atom. The van der Waals surface area contributed by atoms with Crippen molar-refractivity contribution in [2.24, 2.45) is 0 Å². The molecule has 0 atom stereocenters. The fourth-order valence-electron chi connectivity index (χ4n) is 2.07. The third-order valence-electron chi connectivity index (χ3n) is 2.95. The van der Waals surface area contributed by atoms with Crippen LogP contribution in [0, 0.1) is 5.82 Å². The third kappa shape index (κ3) is 2.97. The van der Waals surface area contributed by atoms with E-state index in [0.717, 1.165) is 6.07 Å². The van der Waals surface area contributed by atoms with Crippen molar-refractivity contribution in [2.45, 2.75) is 26.1 Å². The molecule has 2 aromatic rings. The molecule has 0 unspecified atom stereocenters. The van der Waals surface area contributed by atoms with Gasteiger partial charge in [-0.3, -0.25) is 0 Å². The summed E-state index contributed by atoms with van der Waals surface area (Å²) in [6, 6.07) is 8.15. The largest absolute Gasteiger partial charge is 0.431 e. The molecule has 0 aliphatic heterocycles. The van der Waals surface area contributed by atoms with Gasteiger partial charge in [0.05, 0.1) is 0 Å². The van der Waals surface area contributed by atoms with Gasteiger partial charge in [-0.05, 0) is 36.2 Å². The first-order valence-corrected chi connectivity index (χ1v) is 5.92. The zero-order valence-corrected chi connectivity index (χ0v) is 10.3. The molecule has 0 radical (unpaired) electrons. The molecule has 0 aliphatic rings. The Labute approximate surface area is 108 Å². The summed E-state index contributed by atoms with van der Waals surface area (Å²) in [7, 11) is 0. The Bertz CT molecular complexity index is 569. The molecule has 0 bridgehead atoms. The standard InChI is InChI=1S/C14H13F4N/c1-2-12-6-7-13(14(16,17)18)19(12)9-10-4-3-5-11(15)8-10/h3-8H,2,9H2,1H3. The predicted octanol–water partition coefficient (Wildman–Crippen LogP) is 4.26. The number of aryl methyl sites for hydroxylation is 1. The van der Waals surface area contributed by atoms with Gasteiger partial charge in [-0.15, -0.1) is 0 Å². The average Bonchev–Trinajstić information content (AvgIpc) is 2.71. The van der Waals surface area contributed by atoms with E-state index in [1.807, 2.05) is 0 Å². The first-order chi connectivity index (χ1) is 8.91. The van der Waals surface area contributed by atoms with Crippen molar-refractivity contribution in [3.63, 3.8) is 0 Å². The maximum absolute atomic E-state index is 13.1. The summed E-state index contributed by atoms with van der Waals surface area (Å²) in [5.74, 6) is -0.448. The summed E-state index contributed by atoms with van der Waals surface area (Å²) in [6.45, 7) is 1.81. The zero-order valence-electron chi connectivity index (χ0n) is 10.3. The SMILES string of the molecule is CCc1ccc(C(F)(F)F)n1Cc1cccc(F)c1. The van der Waals surface area contributed by atoms with Gasteiger partial charge >= 0.3 is 6.18 Å². The second-order valence-electron chi connectivity index (χ2n) is 4.28. The second kappa shape index (κ2) is 5.07. The first-order valence-electron chi connectivity index (χ1n) is 5.92. The number of alkyl halides is 3. The van der Waals surface area contributed by atoms with E-state index in [-0.39, 0.29) is 6.54 Å². The molecule has 1 aromatic carbocycles. The average molecular weight is 271 g/mol. The summed E-state index contributed by atoms with van der Waals surface area (Å²) < 4.78 is 52.9. The van der Waals surface area contributed by atoms with Gasteiger partial charge < -0.3 is 4.57 Å². The van der Waals surface area contributed by atoms with Crippen LogP contribution in [0.2, 0.25) is 0 Å². The minimum absolute atomic E-state index is 0.0166. The van der Waals surface area contributed by atoms with Crippen LogP contribution in [0.5, 0.6) is 0 Å². The van der Waals surface area contributed by atoms with E-state index < -0.39 is 17.7 Å². The van der Waals surface area contributed by atoms with Gasteiger partial charge in [-0.25, -0.2) is 4.39 Å². The lowest BCUT2D eigenvalue weighted by Gasteiger charge is -2.15. The number of benzene rings is 1. The van der Waals surface area contributed by atoms with E-state index in [1.54, 1.807) is 13.0 Å². The molecule has 0 saturated carbocycles. The molecule has 1 nitrogen and oxygen atoms in total. The molecule has 2 rings (SSSR count). The van der Waals surface area contributed by atoms with E-state index in [9.17, 15) is 17.6 Å². The molecule has 0 aliphatic carbocycles. The zero-order chi connectivity index (χ0) is 14.0. The van der Waals surface area contributed by atoms with Gasteiger partial charge in [-0.2, -0.15) is 13.2 Å². The van der Waals surface area contributed by atoms with E-state index in [1.165, 1.54) is 28.8 Å². The molecule has 19 heavy (non-hydrogen) atoms.